The number of carbonyl (C=O) groups excluding carboxylic acids is 2. The van der Waals surface area contributed by atoms with Crippen LogP contribution in [-0.2, 0) is 35.8 Å². The zero-order valence-corrected chi connectivity index (χ0v) is 23.2. The summed E-state index contributed by atoms with van der Waals surface area (Å²) in [6.07, 6.45) is 5.86. The molecule has 0 aliphatic heterocycles. The number of carbonyl (C=O) groups is 2. The van der Waals surface area contributed by atoms with E-state index in [1.807, 2.05) is 41.5 Å². The Hall–Kier alpha value is -3.04. The Kier molecular flexibility index (Phi) is 10.2. The molecule has 0 bridgehead atoms. The third-order valence-corrected chi connectivity index (χ3v) is 6.98. The largest absolute Gasteiger partial charge is 0.493 e. The molecule has 2 N–H and O–H groups in total. The molecule has 2 aromatic heterocycles. The summed E-state index contributed by atoms with van der Waals surface area (Å²) >= 11 is 0. The first-order chi connectivity index (χ1) is 17.2. The summed E-state index contributed by atoms with van der Waals surface area (Å²) in [5.41, 5.74) is -1.23. The Balaban J connectivity index is 1.74. The minimum atomic E-state index is -0.354. The first kappa shape index (κ1) is 30.2. The van der Waals surface area contributed by atoms with Crippen molar-refractivity contribution in [2.24, 2.45) is 10.8 Å². The van der Waals surface area contributed by atoms with Gasteiger partial charge in [0.15, 0.2) is 0 Å². The lowest BCUT2D eigenvalue weighted by Gasteiger charge is -2.25. The van der Waals surface area contributed by atoms with E-state index in [0.29, 0.717) is 71.1 Å². The van der Waals surface area contributed by atoms with E-state index >= 15 is 0 Å². The highest BCUT2D eigenvalue weighted by Gasteiger charge is 2.25. The minimum Gasteiger partial charge on any atom is -0.493 e. The number of hydrogen-bond acceptors (Lipinski definition) is 6. The third kappa shape index (κ3) is 8.50. The van der Waals surface area contributed by atoms with Gasteiger partial charge in [0.2, 0.25) is 11.8 Å². The highest BCUT2D eigenvalue weighted by molar-refractivity contribution is 5.81. The first-order valence-corrected chi connectivity index (χ1v) is 13.2. The molecule has 208 valence electrons. The van der Waals surface area contributed by atoms with E-state index in [0.717, 1.165) is 0 Å². The minimum absolute atomic E-state index is 0.0730. The lowest BCUT2D eigenvalue weighted by molar-refractivity contribution is -0.121. The number of aromatic nitrogens is 4. The van der Waals surface area contributed by atoms with Gasteiger partial charge in [-0.15, -0.1) is 0 Å². The molecule has 2 aromatic rings. The van der Waals surface area contributed by atoms with Gasteiger partial charge in [-0.1, -0.05) is 27.7 Å². The highest BCUT2D eigenvalue weighted by Crippen LogP contribution is 2.28. The normalized spacial score (nSPS) is 12.3. The maximum atomic E-state index is 12.4. The van der Waals surface area contributed by atoms with Crippen LogP contribution >= 0.6 is 0 Å². The Bertz CT molecular complexity index is 1100. The van der Waals surface area contributed by atoms with Crippen molar-refractivity contribution in [2.75, 3.05) is 0 Å². The van der Waals surface area contributed by atoms with Crippen molar-refractivity contribution in [1.29, 1.82) is 0 Å². The molecular weight excluding hydrogens is 476 g/mol. The van der Waals surface area contributed by atoms with Gasteiger partial charge in [0.1, 0.15) is 11.6 Å². The molecule has 0 unspecified atom stereocenters. The van der Waals surface area contributed by atoms with Gasteiger partial charge in [0.25, 0.3) is 0 Å². The van der Waals surface area contributed by atoms with Gasteiger partial charge in [-0.2, -0.15) is 0 Å². The summed E-state index contributed by atoms with van der Waals surface area (Å²) < 4.78 is 5.57. The van der Waals surface area contributed by atoms with Crippen molar-refractivity contribution in [2.45, 2.75) is 113 Å². The average Bonchev–Trinajstić information content (AvgIpc) is 3.25. The first-order valence-electron chi connectivity index (χ1n) is 13.2. The highest BCUT2D eigenvalue weighted by atomic mass is 16.3. The van der Waals surface area contributed by atoms with Crippen molar-refractivity contribution in [3.8, 4) is 11.8 Å². The van der Waals surface area contributed by atoms with Gasteiger partial charge < -0.3 is 10.2 Å². The molecule has 0 fully saturated rings. The molecule has 2 rings (SSSR count). The van der Waals surface area contributed by atoms with Crippen LogP contribution in [0.25, 0.3) is 0 Å². The third-order valence-electron chi connectivity index (χ3n) is 6.98. The monoisotopic (exact) mass is 520 g/mol. The van der Waals surface area contributed by atoms with Gasteiger partial charge in [-0.3, -0.25) is 27.9 Å². The van der Waals surface area contributed by atoms with E-state index in [-0.39, 0.29) is 45.5 Å². The van der Waals surface area contributed by atoms with Crippen molar-refractivity contribution in [3.63, 3.8) is 0 Å². The van der Waals surface area contributed by atoms with Crippen LogP contribution in [0.4, 0.5) is 0 Å². The summed E-state index contributed by atoms with van der Waals surface area (Å²) in [6, 6.07) is 0. The number of aryl methyl sites for hydroxylation is 2. The van der Waals surface area contributed by atoms with Gasteiger partial charge in [0, 0.05) is 51.9 Å². The number of ketones is 2. The molecule has 37 heavy (non-hydrogen) atoms. The number of Topliss-reactive ketones (excluding diaryl/α,β-unsaturated/α-hetero) is 2. The molecule has 0 aliphatic carbocycles. The van der Waals surface area contributed by atoms with Crippen LogP contribution in [0, 0.1) is 10.8 Å². The van der Waals surface area contributed by atoms with Crippen LogP contribution in [-0.4, -0.2) is 40.0 Å². The number of rotatable bonds is 16. The van der Waals surface area contributed by atoms with Crippen LogP contribution in [0.15, 0.2) is 22.0 Å². The molecule has 0 amide bonds. The Labute approximate surface area is 218 Å². The Morgan fingerprint density at radius 3 is 1.35 bits per heavy atom. The average molecular weight is 521 g/mol. The molecule has 2 heterocycles. The van der Waals surface area contributed by atoms with E-state index in [9.17, 15) is 29.4 Å². The van der Waals surface area contributed by atoms with Crippen LogP contribution in [0.5, 0.6) is 11.8 Å². The fraction of sp³-hybridized carbons (Fsp3) is 0.704. The van der Waals surface area contributed by atoms with Gasteiger partial charge in [0.05, 0.1) is 12.4 Å². The number of aromatic hydroxyl groups is 2. The zero-order valence-electron chi connectivity index (χ0n) is 23.2. The molecule has 0 saturated heterocycles. The molecule has 0 atom stereocenters. The number of imidazole rings is 2. The molecule has 0 aliphatic rings. The molecule has 10 heteroatoms. The smallest absolute Gasteiger partial charge is 0.331 e. The summed E-state index contributed by atoms with van der Waals surface area (Å²) in [5.74, 6) is 0.0192. The van der Waals surface area contributed by atoms with Crippen LogP contribution in [0.2, 0.25) is 0 Å². The molecule has 0 saturated carbocycles. The summed E-state index contributed by atoms with van der Waals surface area (Å²) in [5, 5.41) is 20.1. The number of nitrogens with zero attached hydrogens (tertiary/aromatic N) is 4. The second-order valence-electron chi connectivity index (χ2n) is 11.5. The van der Waals surface area contributed by atoms with Gasteiger partial charge in [-0.05, 0) is 43.9 Å². The summed E-state index contributed by atoms with van der Waals surface area (Å²) in [6.45, 7) is 13.1. The Morgan fingerprint density at radius 2 is 1.05 bits per heavy atom. The fourth-order valence-corrected chi connectivity index (χ4v) is 4.49. The molecule has 10 nitrogen and oxygen atoms in total. The lowest BCUT2D eigenvalue weighted by Crippen LogP contribution is -2.30. The van der Waals surface area contributed by atoms with Crippen LogP contribution in [0.3, 0.4) is 0 Å². The van der Waals surface area contributed by atoms with Crippen LogP contribution < -0.4 is 11.4 Å². The van der Waals surface area contributed by atoms with Crippen molar-refractivity contribution < 1.29 is 19.8 Å². The number of hydrogen-bond donors (Lipinski definition) is 2. The van der Waals surface area contributed by atoms with Gasteiger partial charge in [-0.25, -0.2) is 9.59 Å². The van der Waals surface area contributed by atoms with E-state index in [1.54, 1.807) is 0 Å². The predicted molar refractivity (Wildman–Crippen MR) is 142 cm³/mol. The fourth-order valence-electron chi connectivity index (χ4n) is 4.49. The SMILES string of the molecule is CCn1cc(O)n(CC(C)(C)CCC(=O)CCCC(=O)CCC(C)(C)Cn2c(O)cn(CC)c2=O)c1=O. The molecule has 0 aromatic carbocycles. The summed E-state index contributed by atoms with van der Waals surface area (Å²) in [7, 11) is 0. The standard InChI is InChI=1S/C27H44N4O6/c1-7-28-16-22(34)30(24(28)36)18-26(3,4)14-12-20(32)10-9-11-21(33)13-15-27(5,6)19-31-23(35)17-29(8-2)25(31)37/h16-17,34-35H,7-15,18-19H2,1-6H3. The molecule has 0 spiro atoms. The predicted octanol–water partition coefficient (Wildman–Crippen LogP) is 3.69. The van der Waals surface area contributed by atoms with Crippen LogP contribution in [0.1, 0.15) is 86.5 Å². The Morgan fingerprint density at radius 1 is 0.703 bits per heavy atom. The van der Waals surface area contributed by atoms with E-state index in [2.05, 4.69) is 0 Å². The van der Waals surface area contributed by atoms with E-state index < -0.39 is 0 Å². The second kappa shape index (κ2) is 12.5. The van der Waals surface area contributed by atoms with Gasteiger partial charge >= 0.3 is 11.4 Å². The van der Waals surface area contributed by atoms with E-state index in [1.165, 1.54) is 30.7 Å². The van der Waals surface area contributed by atoms with E-state index in [4.69, 9.17) is 0 Å². The van der Waals surface area contributed by atoms with Crippen molar-refractivity contribution in [1.82, 2.24) is 18.3 Å². The zero-order chi connectivity index (χ0) is 28.0. The second-order valence-corrected chi connectivity index (χ2v) is 11.5. The van der Waals surface area contributed by atoms with Crippen molar-refractivity contribution >= 4 is 11.6 Å². The van der Waals surface area contributed by atoms with Crippen molar-refractivity contribution in [3.05, 3.63) is 33.4 Å². The molecular formula is C27H44N4O6. The quantitative estimate of drug-likeness (QED) is 0.347. The maximum absolute atomic E-state index is 12.4. The molecule has 0 radical (unpaired) electrons. The summed E-state index contributed by atoms with van der Waals surface area (Å²) in [4.78, 5) is 49.5. The lowest BCUT2D eigenvalue weighted by atomic mass is 9.85. The maximum Gasteiger partial charge on any atom is 0.331 e. The topological polar surface area (TPSA) is 128 Å².